The molecule has 2 nitrogen and oxygen atoms in total. The normalized spacial score (nSPS) is 11.7. The molecule has 0 aliphatic rings. The van der Waals surface area contributed by atoms with E-state index in [0.717, 1.165) is 35.1 Å². The highest BCUT2D eigenvalue weighted by atomic mass is 35.5. The highest BCUT2D eigenvalue weighted by Crippen LogP contribution is 2.23. The maximum absolute atomic E-state index is 6.11. The van der Waals surface area contributed by atoms with Gasteiger partial charge in [-0.2, -0.15) is 0 Å². The molecule has 152 valence electrons. The summed E-state index contributed by atoms with van der Waals surface area (Å²) < 4.78 is 2.35. The van der Waals surface area contributed by atoms with Crippen LogP contribution in [0.2, 0.25) is 5.02 Å². The second-order valence-electron chi connectivity index (χ2n) is 7.80. The lowest BCUT2D eigenvalue weighted by atomic mass is 10.1. The summed E-state index contributed by atoms with van der Waals surface area (Å²) in [7, 11) is 0. The largest absolute Gasteiger partial charge is 0.343 e. The van der Waals surface area contributed by atoms with Gasteiger partial charge < -0.3 is 4.57 Å². The minimum absolute atomic E-state index is 0.706. The van der Waals surface area contributed by atoms with E-state index in [1.54, 1.807) is 0 Å². The number of aromatic nitrogens is 2. The molecule has 2 heterocycles. The standard InChI is InChI=1S/C28H23ClN2/c1-2-22-7-4-8-24-15-16-31(28(22)24)19-21-6-3-5-20(17-21)9-13-26-14-11-23-10-12-25(29)18-27(23)30-26/h3-18H,2,19H2,1H3/b13-9+. The van der Waals surface area contributed by atoms with E-state index >= 15 is 0 Å². The summed E-state index contributed by atoms with van der Waals surface area (Å²) in [5.74, 6) is 0. The molecule has 0 unspecified atom stereocenters. The van der Waals surface area contributed by atoms with Crippen molar-refractivity contribution in [3.8, 4) is 0 Å². The van der Waals surface area contributed by atoms with Crippen LogP contribution in [0.5, 0.6) is 0 Å². The fourth-order valence-corrected chi connectivity index (χ4v) is 4.30. The van der Waals surface area contributed by atoms with Gasteiger partial charge in [-0.3, -0.25) is 0 Å². The third-order valence-corrected chi connectivity index (χ3v) is 5.91. The second kappa shape index (κ2) is 8.41. The van der Waals surface area contributed by atoms with Crippen molar-refractivity contribution in [1.82, 2.24) is 9.55 Å². The first kappa shape index (κ1) is 19.6. The minimum atomic E-state index is 0.706. The first-order valence-electron chi connectivity index (χ1n) is 10.6. The van der Waals surface area contributed by atoms with Crippen molar-refractivity contribution in [1.29, 1.82) is 0 Å². The van der Waals surface area contributed by atoms with Crippen LogP contribution in [0.15, 0.2) is 85.1 Å². The zero-order valence-electron chi connectivity index (χ0n) is 17.4. The summed E-state index contributed by atoms with van der Waals surface area (Å²) in [6.45, 7) is 3.07. The highest BCUT2D eigenvalue weighted by molar-refractivity contribution is 6.31. The van der Waals surface area contributed by atoms with Gasteiger partial charge in [0.2, 0.25) is 0 Å². The number of hydrogen-bond acceptors (Lipinski definition) is 1. The summed E-state index contributed by atoms with van der Waals surface area (Å²) in [6.07, 6.45) is 7.40. The number of aryl methyl sites for hydroxylation is 1. The Hall–Kier alpha value is -3.36. The van der Waals surface area contributed by atoms with E-state index in [-0.39, 0.29) is 0 Å². The van der Waals surface area contributed by atoms with Gasteiger partial charge in [-0.05, 0) is 64.9 Å². The molecule has 0 atom stereocenters. The average molecular weight is 423 g/mol. The van der Waals surface area contributed by atoms with Gasteiger partial charge in [0, 0.05) is 23.2 Å². The Bertz CT molecular complexity index is 1410. The van der Waals surface area contributed by atoms with E-state index in [9.17, 15) is 0 Å². The molecule has 0 saturated heterocycles. The monoisotopic (exact) mass is 422 g/mol. The maximum atomic E-state index is 6.11. The number of halogens is 1. The molecule has 0 aliphatic carbocycles. The van der Waals surface area contributed by atoms with Crippen molar-refractivity contribution in [3.63, 3.8) is 0 Å². The van der Waals surface area contributed by atoms with Gasteiger partial charge in [-0.15, -0.1) is 0 Å². The number of hydrogen-bond donors (Lipinski definition) is 0. The van der Waals surface area contributed by atoms with Crippen LogP contribution >= 0.6 is 11.6 Å². The molecule has 5 aromatic rings. The molecular formula is C28H23ClN2. The number of benzene rings is 3. The third-order valence-electron chi connectivity index (χ3n) is 5.68. The fourth-order valence-electron chi connectivity index (χ4n) is 4.13. The van der Waals surface area contributed by atoms with Crippen molar-refractivity contribution in [3.05, 3.63) is 112 Å². The van der Waals surface area contributed by atoms with Gasteiger partial charge >= 0.3 is 0 Å². The van der Waals surface area contributed by atoms with Crippen LogP contribution in [0.1, 0.15) is 29.3 Å². The Morgan fingerprint density at radius 1 is 0.871 bits per heavy atom. The van der Waals surface area contributed by atoms with Crippen LogP contribution in [0, 0.1) is 0 Å². The van der Waals surface area contributed by atoms with Crippen LogP contribution in [-0.2, 0) is 13.0 Å². The quantitative estimate of drug-likeness (QED) is 0.284. The Labute approximate surface area is 187 Å². The first-order chi connectivity index (χ1) is 15.2. The molecule has 5 rings (SSSR count). The molecule has 0 amide bonds. The summed E-state index contributed by atoms with van der Waals surface area (Å²) in [5.41, 5.74) is 7.01. The Morgan fingerprint density at radius 2 is 1.74 bits per heavy atom. The van der Waals surface area contributed by atoms with E-state index in [1.807, 2.05) is 24.3 Å². The summed E-state index contributed by atoms with van der Waals surface area (Å²) in [4.78, 5) is 4.71. The van der Waals surface area contributed by atoms with Crippen molar-refractivity contribution >= 4 is 45.6 Å². The van der Waals surface area contributed by atoms with Crippen LogP contribution < -0.4 is 0 Å². The fraction of sp³-hybridized carbons (Fsp3) is 0.107. The highest BCUT2D eigenvalue weighted by Gasteiger charge is 2.06. The lowest BCUT2D eigenvalue weighted by molar-refractivity contribution is 0.831. The Balaban J connectivity index is 1.41. The first-order valence-corrected chi connectivity index (χ1v) is 11.0. The molecule has 0 aliphatic heterocycles. The molecule has 0 spiro atoms. The van der Waals surface area contributed by atoms with E-state index < -0.39 is 0 Å². The molecule has 2 aromatic heterocycles. The summed E-state index contributed by atoms with van der Waals surface area (Å²) in [6, 6.07) is 27.4. The van der Waals surface area contributed by atoms with Crippen molar-refractivity contribution in [2.75, 3.05) is 0 Å². The van der Waals surface area contributed by atoms with E-state index in [2.05, 4.69) is 84.4 Å². The van der Waals surface area contributed by atoms with Crippen molar-refractivity contribution in [2.45, 2.75) is 19.9 Å². The number of para-hydroxylation sites is 1. The molecule has 0 fully saturated rings. The van der Waals surface area contributed by atoms with Gasteiger partial charge in [0.05, 0.1) is 16.7 Å². The van der Waals surface area contributed by atoms with Crippen molar-refractivity contribution in [2.24, 2.45) is 0 Å². The molecule has 0 bridgehead atoms. The summed E-state index contributed by atoms with van der Waals surface area (Å²) in [5, 5.41) is 3.10. The van der Waals surface area contributed by atoms with E-state index in [1.165, 1.54) is 22.0 Å². The second-order valence-corrected chi connectivity index (χ2v) is 8.24. The van der Waals surface area contributed by atoms with Gasteiger partial charge in [-0.1, -0.05) is 73.1 Å². The number of fused-ring (bicyclic) bond motifs is 2. The number of pyridine rings is 1. The molecule has 0 radical (unpaired) electrons. The smallest absolute Gasteiger partial charge is 0.0724 e. The predicted molar refractivity (Wildman–Crippen MR) is 133 cm³/mol. The molecule has 0 N–H and O–H groups in total. The van der Waals surface area contributed by atoms with Crippen LogP contribution in [0.25, 0.3) is 34.0 Å². The molecular weight excluding hydrogens is 400 g/mol. The van der Waals surface area contributed by atoms with E-state index in [4.69, 9.17) is 16.6 Å². The van der Waals surface area contributed by atoms with Crippen LogP contribution in [0.3, 0.4) is 0 Å². The van der Waals surface area contributed by atoms with Crippen LogP contribution in [-0.4, -0.2) is 9.55 Å². The Kier molecular flexibility index (Phi) is 5.31. The lowest BCUT2D eigenvalue weighted by Crippen LogP contribution is -2.00. The average Bonchev–Trinajstić information content (AvgIpc) is 3.20. The third kappa shape index (κ3) is 4.12. The minimum Gasteiger partial charge on any atom is -0.343 e. The number of rotatable bonds is 5. The molecule has 3 aromatic carbocycles. The molecule has 31 heavy (non-hydrogen) atoms. The van der Waals surface area contributed by atoms with Crippen molar-refractivity contribution < 1.29 is 0 Å². The van der Waals surface area contributed by atoms with Gasteiger partial charge in [0.25, 0.3) is 0 Å². The zero-order valence-corrected chi connectivity index (χ0v) is 18.2. The predicted octanol–water partition coefficient (Wildman–Crippen LogP) is 7.62. The lowest BCUT2D eigenvalue weighted by Gasteiger charge is -2.10. The zero-order chi connectivity index (χ0) is 21.2. The van der Waals surface area contributed by atoms with Crippen LogP contribution in [0.4, 0.5) is 0 Å². The molecule has 3 heteroatoms. The topological polar surface area (TPSA) is 17.8 Å². The molecule has 0 saturated carbocycles. The Morgan fingerprint density at radius 3 is 2.65 bits per heavy atom. The maximum Gasteiger partial charge on any atom is 0.0724 e. The van der Waals surface area contributed by atoms with Gasteiger partial charge in [0.1, 0.15) is 0 Å². The SMILES string of the molecule is CCc1cccc2ccn(Cc3cccc(/C=C/c4ccc5ccc(Cl)cc5n4)c3)c12. The number of nitrogens with zero attached hydrogens (tertiary/aromatic N) is 2. The van der Waals surface area contributed by atoms with Gasteiger partial charge in [0.15, 0.2) is 0 Å². The van der Waals surface area contributed by atoms with E-state index in [0.29, 0.717) is 5.02 Å². The van der Waals surface area contributed by atoms with Gasteiger partial charge in [-0.25, -0.2) is 4.98 Å². The summed E-state index contributed by atoms with van der Waals surface area (Å²) >= 11 is 6.11.